The van der Waals surface area contributed by atoms with Gasteiger partial charge < -0.3 is 15.2 Å². The normalized spacial score (nSPS) is 13.2. The fraction of sp³-hybridized carbons (Fsp3) is 0.643. The molecule has 0 spiro atoms. The van der Waals surface area contributed by atoms with E-state index in [0.717, 1.165) is 11.3 Å². The van der Waals surface area contributed by atoms with Crippen molar-refractivity contribution in [1.29, 1.82) is 0 Å². The summed E-state index contributed by atoms with van der Waals surface area (Å²) >= 11 is 1.40. The van der Waals surface area contributed by atoms with Gasteiger partial charge in [-0.1, -0.05) is 20.8 Å². The molecule has 1 aromatic heterocycles. The number of methoxy groups -OCH3 is 1. The number of aryl methyl sites for hydroxylation is 1. The molecule has 0 aromatic carbocycles. The Hall–Kier alpha value is -1.07. The Morgan fingerprint density at radius 2 is 2.16 bits per heavy atom. The predicted octanol–water partition coefficient (Wildman–Crippen LogP) is 2.59. The second-order valence-corrected chi connectivity index (χ2v) is 7.13. The fourth-order valence-electron chi connectivity index (χ4n) is 1.95. The lowest BCUT2D eigenvalue weighted by atomic mass is 9.88. The van der Waals surface area contributed by atoms with Crippen molar-refractivity contribution in [2.45, 2.75) is 40.2 Å². The second kappa shape index (κ2) is 6.39. The molecule has 0 radical (unpaired) electrons. The Labute approximate surface area is 118 Å². The Bertz CT molecular complexity index is 434. The van der Waals surface area contributed by atoms with Crippen LogP contribution in [0.1, 0.15) is 41.7 Å². The lowest BCUT2D eigenvalue weighted by molar-refractivity contribution is 0.0899. The van der Waals surface area contributed by atoms with Crippen molar-refractivity contribution in [3.05, 3.63) is 15.8 Å². The Balaban J connectivity index is 2.77. The fourth-order valence-corrected chi connectivity index (χ4v) is 2.83. The van der Waals surface area contributed by atoms with Gasteiger partial charge in [0.25, 0.3) is 5.91 Å². The van der Waals surface area contributed by atoms with Crippen LogP contribution in [0.5, 0.6) is 5.75 Å². The topological polar surface area (TPSA) is 58.6 Å². The molecular weight excluding hydrogens is 262 g/mol. The van der Waals surface area contributed by atoms with Gasteiger partial charge in [0.05, 0.1) is 19.8 Å². The summed E-state index contributed by atoms with van der Waals surface area (Å²) in [6.45, 7) is 8.12. The highest BCUT2D eigenvalue weighted by Crippen LogP contribution is 2.29. The third-order valence-corrected chi connectivity index (χ3v) is 3.69. The predicted molar refractivity (Wildman–Crippen MR) is 78.0 cm³/mol. The molecule has 0 saturated carbocycles. The number of aliphatic hydroxyl groups excluding tert-OH is 1. The van der Waals surface area contributed by atoms with Gasteiger partial charge in [-0.05, 0) is 24.8 Å². The molecule has 0 saturated heterocycles. The maximum absolute atomic E-state index is 12.2. The van der Waals surface area contributed by atoms with Crippen molar-refractivity contribution in [3.8, 4) is 5.75 Å². The molecule has 19 heavy (non-hydrogen) atoms. The smallest absolute Gasteiger partial charge is 0.265 e. The van der Waals surface area contributed by atoms with Crippen LogP contribution in [0.3, 0.4) is 0 Å². The highest BCUT2D eigenvalue weighted by Gasteiger charge is 2.23. The standard InChI is InChI=1S/C14H23NO3S/c1-9-6-11(18-5)12(19-9)13(17)15-10(8-16)7-14(2,3)4/h6,10,16H,7-8H2,1-5H3,(H,15,17). The maximum atomic E-state index is 12.2. The van der Waals surface area contributed by atoms with Crippen LogP contribution in [0.2, 0.25) is 0 Å². The zero-order valence-corrected chi connectivity index (χ0v) is 13.1. The van der Waals surface area contributed by atoms with E-state index in [2.05, 4.69) is 26.1 Å². The summed E-state index contributed by atoms with van der Waals surface area (Å²) < 4.78 is 5.19. The van der Waals surface area contributed by atoms with Crippen LogP contribution in [0.4, 0.5) is 0 Å². The third-order valence-electron chi connectivity index (χ3n) is 2.66. The van der Waals surface area contributed by atoms with Gasteiger partial charge in [0, 0.05) is 4.88 Å². The van der Waals surface area contributed by atoms with E-state index < -0.39 is 0 Å². The van der Waals surface area contributed by atoms with Gasteiger partial charge in [-0.25, -0.2) is 0 Å². The third kappa shape index (κ3) is 4.84. The van der Waals surface area contributed by atoms with Crippen LogP contribution in [-0.2, 0) is 0 Å². The largest absolute Gasteiger partial charge is 0.495 e. The van der Waals surface area contributed by atoms with Crippen LogP contribution in [0, 0.1) is 12.3 Å². The van der Waals surface area contributed by atoms with Gasteiger partial charge >= 0.3 is 0 Å². The molecule has 0 aliphatic heterocycles. The molecule has 0 fully saturated rings. The summed E-state index contributed by atoms with van der Waals surface area (Å²) in [4.78, 5) is 13.8. The van der Waals surface area contributed by atoms with Crippen molar-refractivity contribution in [1.82, 2.24) is 5.32 Å². The van der Waals surface area contributed by atoms with E-state index in [0.29, 0.717) is 10.6 Å². The lowest BCUT2D eigenvalue weighted by Gasteiger charge is -2.25. The summed E-state index contributed by atoms with van der Waals surface area (Å²) in [5.74, 6) is 0.408. The van der Waals surface area contributed by atoms with Crippen LogP contribution < -0.4 is 10.1 Å². The zero-order chi connectivity index (χ0) is 14.6. The molecule has 1 aromatic rings. The van der Waals surface area contributed by atoms with E-state index in [-0.39, 0.29) is 24.0 Å². The number of carbonyl (C=O) groups excluding carboxylic acids is 1. The SMILES string of the molecule is COc1cc(C)sc1C(=O)NC(CO)CC(C)(C)C. The summed E-state index contributed by atoms with van der Waals surface area (Å²) in [5, 5.41) is 12.2. The van der Waals surface area contributed by atoms with Crippen molar-refractivity contribution in [2.24, 2.45) is 5.41 Å². The first kappa shape index (κ1) is 16.0. The van der Waals surface area contributed by atoms with Crippen LogP contribution in [0.25, 0.3) is 0 Å². The molecule has 1 rings (SSSR count). The molecule has 1 atom stereocenters. The van der Waals surface area contributed by atoms with Gasteiger partial charge in [0.2, 0.25) is 0 Å². The zero-order valence-electron chi connectivity index (χ0n) is 12.2. The van der Waals surface area contributed by atoms with Crippen LogP contribution in [-0.4, -0.2) is 30.8 Å². The second-order valence-electron chi connectivity index (χ2n) is 5.87. The molecule has 1 heterocycles. The van der Waals surface area contributed by atoms with Crippen molar-refractivity contribution in [3.63, 3.8) is 0 Å². The lowest BCUT2D eigenvalue weighted by Crippen LogP contribution is -2.39. The summed E-state index contributed by atoms with van der Waals surface area (Å²) in [6, 6.07) is 1.61. The van der Waals surface area contributed by atoms with Crippen molar-refractivity contribution < 1.29 is 14.6 Å². The number of hydrogen-bond donors (Lipinski definition) is 2. The summed E-state index contributed by atoms with van der Waals surface area (Å²) in [5.41, 5.74) is 0.0517. The number of rotatable bonds is 5. The maximum Gasteiger partial charge on any atom is 0.265 e. The van der Waals surface area contributed by atoms with E-state index >= 15 is 0 Å². The molecule has 4 nitrogen and oxygen atoms in total. The Kier molecular flexibility index (Phi) is 5.38. The molecule has 0 aliphatic carbocycles. The first-order chi connectivity index (χ1) is 8.76. The molecule has 0 bridgehead atoms. The van der Waals surface area contributed by atoms with E-state index in [1.807, 2.05) is 13.0 Å². The number of aliphatic hydroxyl groups is 1. The minimum atomic E-state index is -0.236. The number of thiophene rings is 1. The van der Waals surface area contributed by atoms with Gasteiger partial charge in [-0.15, -0.1) is 11.3 Å². The number of ether oxygens (including phenoxy) is 1. The highest BCUT2D eigenvalue weighted by atomic mass is 32.1. The molecule has 2 N–H and O–H groups in total. The summed E-state index contributed by atoms with van der Waals surface area (Å²) in [6.07, 6.45) is 0.724. The monoisotopic (exact) mass is 285 g/mol. The first-order valence-electron chi connectivity index (χ1n) is 6.33. The molecule has 1 amide bonds. The molecule has 5 heteroatoms. The van der Waals surface area contributed by atoms with Crippen molar-refractivity contribution in [2.75, 3.05) is 13.7 Å². The van der Waals surface area contributed by atoms with Gasteiger partial charge in [-0.2, -0.15) is 0 Å². The minimum absolute atomic E-state index is 0.0517. The molecule has 1 unspecified atom stereocenters. The van der Waals surface area contributed by atoms with Crippen molar-refractivity contribution >= 4 is 17.2 Å². The van der Waals surface area contributed by atoms with Crippen LogP contribution >= 0.6 is 11.3 Å². The average molecular weight is 285 g/mol. The molecular formula is C14H23NO3S. The number of carbonyl (C=O) groups is 1. The first-order valence-corrected chi connectivity index (χ1v) is 7.14. The molecule has 108 valence electrons. The quantitative estimate of drug-likeness (QED) is 0.874. The van der Waals surface area contributed by atoms with Gasteiger partial charge in [0.15, 0.2) is 0 Å². The minimum Gasteiger partial charge on any atom is -0.495 e. The van der Waals surface area contributed by atoms with Gasteiger partial charge in [-0.3, -0.25) is 4.79 Å². The Morgan fingerprint density at radius 3 is 2.63 bits per heavy atom. The number of amides is 1. The molecule has 0 aliphatic rings. The van der Waals surface area contributed by atoms with E-state index in [1.54, 1.807) is 7.11 Å². The number of hydrogen-bond acceptors (Lipinski definition) is 4. The van der Waals surface area contributed by atoms with Gasteiger partial charge in [0.1, 0.15) is 10.6 Å². The van der Waals surface area contributed by atoms with E-state index in [4.69, 9.17) is 4.74 Å². The number of nitrogens with one attached hydrogen (secondary N) is 1. The Morgan fingerprint density at radius 1 is 1.53 bits per heavy atom. The highest BCUT2D eigenvalue weighted by molar-refractivity contribution is 7.14. The average Bonchev–Trinajstić information content (AvgIpc) is 2.67. The van der Waals surface area contributed by atoms with Crippen LogP contribution in [0.15, 0.2) is 6.07 Å². The van der Waals surface area contributed by atoms with E-state index in [1.165, 1.54) is 11.3 Å². The summed E-state index contributed by atoms with van der Waals surface area (Å²) in [7, 11) is 1.55. The van der Waals surface area contributed by atoms with E-state index in [9.17, 15) is 9.90 Å².